The predicted octanol–water partition coefficient (Wildman–Crippen LogP) is 2.89. The van der Waals surface area contributed by atoms with Crippen LogP contribution in [0.4, 0.5) is 13.2 Å². The first-order valence-electron chi connectivity index (χ1n) is 8.89. The average Bonchev–Trinajstić information content (AvgIpc) is 3.09. The Bertz CT molecular complexity index is 705. The zero-order valence-electron chi connectivity index (χ0n) is 14.0. The van der Waals surface area contributed by atoms with E-state index in [-0.39, 0.29) is 23.9 Å². The summed E-state index contributed by atoms with van der Waals surface area (Å²) in [7, 11) is 0. The fourth-order valence-corrected chi connectivity index (χ4v) is 5.11. The van der Waals surface area contributed by atoms with Crippen LogP contribution < -0.4 is 5.73 Å². The molecular weight excluding hydrogens is 331 g/mol. The van der Waals surface area contributed by atoms with Crippen LogP contribution in [0.1, 0.15) is 48.9 Å². The molecule has 4 rings (SSSR count). The van der Waals surface area contributed by atoms with Crippen LogP contribution in [0.3, 0.4) is 0 Å². The maximum Gasteiger partial charge on any atom is 0.417 e. The lowest BCUT2D eigenvalue weighted by Crippen LogP contribution is -2.46. The number of nitrogens with zero attached hydrogens (tertiary/aromatic N) is 2. The first-order chi connectivity index (χ1) is 11.8. The second-order valence-electron chi connectivity index (χ2n) is 7.75. The molecule has 0 bridgehead atoms. The molecule has 136 valence electrons. The van der Waals surface area contributed by atoms with Crippen molar-refractivity contribution in [2.24, 2.45) is 17.1 Å². The van der Waals surface area contributed by atoms with E-state index in [4.69, 9.17) is 5.73 Å². The van der Waals surface area contributed by atoms with Crippen LogP contribution in [0.15, 0.2) is 12.3 Å². The summed E-state index contributed by atoms with van der Waals surface area (Å²) in [5, 5.41) is 0. The Morgan fingerprint density at radius 1 is 1.40 bits per heavy atom. The van der Waals surface area contributed by atoms with Crippen LogP contribution in [0, 0.1) is 11.3 Å². The fourth-order valence-electron chi connectivity index (χ4n) is 5.11. The number of carbonyl (C=O) groups excluding carboxylic acids is 1. The summed E-state index contributed by atoms with van der Waals surface area (Å²) in [4.78, 5) is 19.0. The molecular formula is C18H22F3N3O. The number of alkyl halides is 3. The van der Waals surface area contributed by atoms with Gasteiger partial charge in [0.25, 0.3) is 0 Å². The van der Waals surface area contributed by atoms with E-state index in [0.29, 0.717) is 36.6 Å². The smallest absolute Gasteiger partial charge is 0.337 e. The number of nitrogens with two attached hydrogens (primary N) is 1. The van der Waals surface area contributed by atoms with Crippen molar-refractivity contribution in [3.63, 3.8) is 0 Å². The first-order valence-corrected chi connectivity index (χ1v) is 8.89. The van der Waals surface area contributed by atoms with Crippen molar-refractivity contribution >= 4 is 5.91 Å². The van der Waals surface area contributed by atoms with E-state index in [1.165, 1.54) is 0 Å². The van der Waals surface area contributed by atoms with Gasteiger partial charge in [-0.15, -0.1) is 0 Å². The lowest BCUT2D eigenvalue weighted by Gasteiger charge is -2.37. The zero-order valence-corrected chi connectivity index (χ0v) is 14.0. The van der Waals surface area contributed by atoms with Crippen LogP contribution in [0.25, 0.3) is 0 Å². The minimum absolute atomic E-state index is 0.0600. The largest absolute Gasteiger partial charge is 0.417 e. The summed E-state index contributed by atoms with van der Waals surface area (Å²) in [5.74, 6) is 0.419. The highest BCUT2D eigenvalue weighted by atomic mass is 19.4. The molecule has 1 aliphatic heterocycles. The van der Waals surface area contributed by atoms with Crippen molar-refractivity contribution in [1.29, 1.82) is 0 Å². The van der Waals surface area contributed by atoms with Crippen LogP contribution in [-0.2, 0) is 23.9 Å². The van der Waals surface area contributed by atoms with E-state index in [0.717, 1.165) is 37.9 Å². The van der Waals surface area contributed by atoms with Crippen molar-refractivity contribution < 1.29 is 18.0 Å². The Kier molecular flexibility index (Phi) is 3.83. The number of rotatable bonds is 1. The molecule has 2 fully saturated rings. The SMILES string of the molecule is N[C@@H]1C[C@H]2CCC[C@@]2(C(=O)N2CCc3ncc(C(F)(F)F)cc3C2)C1. The minimum Gasteiger partial charge on any atom is -0.337 e. The topological polar surface area (TPSA) is 59.2 Å². The number of pyridine rings is 1. The van der Waals surface area contributed by atoms with Gasteiger partial charge in [0.15, 0.2) is 0 Å². The number of aromatic nitrogens is 1. The number of amides is 1. The molecule has 3 atom stereocenters. The van der Waals surface area contributed by atoms with Gasteiger partial charge in [-0.3, -0.25) is 9.78 Å². The average molecular weight is 353 g/mol. The van der Waals surface area contributed by atoms with Crippen LogP contribution in [0.2, 0.25) is 0 Å². The predicted molar refractivity (Wildman–Crippen MR) is 85.3 cm³/mol. The molecule has 0 spiro atoms. The van der Waals surface area contributed by atoms with Gasteiger partial charge in [-0.25, -0.2) is 0 Å². The molecule has 2 heterocycles. The van der Waals surface area contributed by atoms with Crippen molar-refractivity contribution in [1.82, 2.24) is 9.88 Å². The van der Waals surface area contributed by atoms with Gasteiger partial charge in [-0.2, -0.15) is 13.2 Å². The fraction of sp³-hybridized carbons (Fsp3) is 0.667. The van der Waals surface area contributed by atoms with Crippen molar-refractivity contribution in [3.05, 3.63) is 29.1 Å². The number of hydrogen-bond acceptors (Lipinski definition) is 3. The molecule has 0 radical (unpaired) electrons. The number of fused-ring (bicyclic) bond motifs is 2. The lowest BCUT2D eigenvalue weighted by molar-refractivity contribution is -0.144. The molecule has 25 heavy (non-hydrogen) atoms. The van der Waals surface area contributed by atoms with E-state index >= 15 is 0 Å². The lowest BCUT2D eigenvalue weighted by atomic mass is 9.78. The Morgan fingerprint density at radius 3 is 2.96 bits per heavy atom. The Morgan fingerprint density at radius 2 is 2.20 bits per heavy atom. The summed E-state index contributed by atoms with van der Waals surface area (Å²) in [5.41, 5.74) is 6.17. The second-order valence-corrected chi connectivity index (χ2v) is 7.75. The van der Waals surface area contributed by atoms with Gasteiger partial charge in [0, 0.05) is 37.4 Å². The number of halogens is 3. The minimum atomic E-state index is -4.41. The summed E-state index contributed by atoms with van der Waals surface area (Å²) < 4.78 is 38.8. The van der Waals surface area contributed by atoms with Crippen molar-refractivity contribution in [2.75, 3.05) is 6.54 Å². The van der Waals surface area contributed by atoms with E-state index in [1.807, 2.05) is 0 Å². The molecule has 2 N–H and O–H groups in total. The maximum absolute atomic E-state index is 13.3. The molecule has 4 nitrogen and oxygen atoms in total. The van der Waals surface area contributed by atoms with E-state index in [2.05, 4.69) is 4.98 Å². The van der Waals surface area contributed by atoms with Gasteiger partial charge in [-0.05, 0) is 43.2 Å². The summed E-state index contributed by atoms with van der Waals surface area (Å²) in [6.07, 6.45) is 1.49. The summed E-state index contributed by atoms with van der Waals surface area (Å²) in [6.45, 7) is 0.739. The monoisotopic (exact) mass is 353 g/mol. The molecule has 1 aromatic heterocycles. The highest BCUT2D eigenvalue weighted by Gasteiger charge is 2.55. The molecule has 2 saturated carbocycles. The normalized spacial score (nSPS) is 31.8. The van der Waals surface area contributed by atoms with Gasteiger partial charge >= 0.3 is 6.18 Å². The summed E-state index contributed by atoms with van der Waals surface area (Å²) in [6, 6.07) is 1.20. The molecule has 3 aliphatic rings. The van der Waals surface area contributed by atoms with Gasteiger partial charge in [0.2, 0.25) is 5.91 Å². The second kappa shape index (κ2) is 5.69. The molecule has 0 unspecified atom stereocenters. The zero-order chi connectivity index (χ0) is 17.8. The standard InChI is InChI=1S/C18H22F3N3O/c19-18(20,21)13-6-11-10-24(5-3-15(11)23-9-13)16(25)17-4-1-2-12(17)7-14(22)8-17/h6,9,12,14H,1-5,7-8,10,22H2/t12-,14-,17-/m1/s1. The first kappa shape index (κ1) is 16.8. The Balaban J connectivity index is 1.59. The van der Waals surface area contributed by atoms with Crippen LogP contribution in [-0.4, -0.2) is 28.4 Å². The third-order valence-electron chi connectivity index (χ3n) is 6.25. The van der Waals surface area contributed by atoms with Gasteiger partial charge in [0.05, 0.1) is 11.0 Å². The third kappa shape index (κ3) is 2.72. The van der Waals surface area contributed by atoms with Crippen LogP contribution in [0.5, 0.6) is 0 Å². The molecule has 0 aromatic carbocycles. The van der Waals surface area contributed by atoms with Gasteiger partial charge in [-0.1, -0.05) is 6.42 Å². The Hall–Kier alpha value is -1.63. The van der Waals surface area contributed by atoms with E-state index in [1.54, 1.807) is 4.90 Å². The maximum atomic E-state index is 13.3. The molecule has 0 saturated heterocycles. The number of carbonyl (C=O) groups is 1. The molecule has 2 aliphatic carbocycles. The highest BCUT2D eigenvalue weighted by molar-refractivity contribution is 5.84. The quantitative estimate of drug-likeness (QED) is 0.845. The van der Waals surface area contributed by atoms with Crippen molar-refractivity contribution in [2.45, 2.75) is 57.3 Å². The highest BCUT2D eigenvalue weighted by Crippen LogP contribution is 2.55. The van der Waals surface area contributed by atoms with Gasteiger partial charge in [0.1, 0.15) is 0 Å². The Labute approximate surface area is 144 Å². The summed E-state index contributed by atoms with van der Waals surface area (Å²) >= 11 is 0. The third-order valence-corrected chi connectivity index (χ3v) is 6.25. The van der Waals surface area contributed by atoms with Crippen LogP contribution >= 0.6 is 0 Å². The van der Waals surface area contributed by atoms with Crippen molar-refractivity contribution in [3.8, 4) is 0 Å². The molecule has 7 heteroatoms. The van der Waals surface area contributed by atoms with Gasteiger partial charge < -0.3 is 10.6 Å². The molecule has 1 aromatic rings. The van der Waals surface area contributed by atoms with E-state index < -0.39 is 11.7 Å². The molecule has 1 amide bonds. The van der Waals surface area contributed by atoms with E-state index in [9.17, 15) is 18.0 Å². The number of hydrogen-bond donors (Lipinski definition) is 1.